The third-order valence-electron chi connectivity index (χ3n) is 7.46. The Morgan fingerprint density at radius 2 is 1.39 bits per heavy atom. The third-order valence-corrected chi connectivity index (χ3v) is 12.5. The number of carbonyl (C=O) groups excluding carboxylic acids is 2. The van der Waals surface area contributed by atoms with Gasteiger partial charge in [0.05, 0.1) is 6.54 Å². The number of aryl methyl sites for hydroxylation is 1. The van der Waals surface area contributed by atoms with Gasteiger partial charge >= 0.3 is 6.03 Å². The Kier molecular flexibility index (Phi) is 8.53. The number of amides is 3. The van der Waals surface area contributed by atoms with Gasteiger partial charge in [-0.3, -0.25) is 9.69 Å². The summed E-state index contributed by atoms with van der Waals surface area (Å²) in [4.78, 5) is 30.1. The van der Waals surface area contributed by atoms with Gasteiger partial charge in [-0.15, -0.1) is 0 Å². The van der Waals surface area contributed by atoms with Gasteiger partial charge in [-0.05, 0) is 40.7 Å². The first-order valence-electron chi connectivity index (χ1n) is 13.6. The van der Waals surface area contributed by atoms with E-state index in [1.165, 1.54) is 15.3 Å². The molecule has 0 bridgehead atoms. The Hall–Kier alpha value is -3.22. The molecule has 1 saturated heterocycles. The van der Waals surface area contributed by atoms with E-state index in [1.54, 1.807) is 4.90 Å². The lowest BCUT2D eigenvalue weighted by atomic mass is 10.1. The fraction of sp³-hybridized carbons (Fsp3) is 0.375. The smallest absolute Gasteiger partial charge is 0.327 e. The van der Waals surface area contributed by atoms with E-state index in [-0.39, 0.29) is 17.0 Å². The molecule has 1 fully saturated rings. The average Bonchev–Trinajstić information content (AvgIpc) is 3.12. The summed E-state index contributed by atoms with van der Waals surface area (Å²) in [5, 5.41) is 2.27. The van der Waals surface area contributed by atoms with E-state index >= 15 is 0 Å². The molecule has 4 rings (SSSR count). The molecule has 0 aliphatic carbocycles. The van der Waals surface area contributed by atoms with Crippen LogP contribution in [-0.2, 0) is 15.8 Å². The van der Waals surface area contributed by atoms with E-state index in [0.29, 0.717) is 26.1 Å². The molecule has 1 unspecified atom stereocenters. The summed E-state index contributed by atoms with van der Waals surface area (Å²) in [6.45, 7) is 12.1. The number of urea groups is 1. The maximum absolute atomic E-state index is 13.6. The maximum Gasteiger partial charge on any atom is 0.327 e. The molecule has 0 radical (unpaired) electrons. The van der Waals surface area contributed by atoms with Crippen molar-refractivity contribution in [1.29, 1.82) is 0 Å². The van der Waals surface area contributed by atoms with Crippen LogP contribution in [0.2, 0.25) is 5.04 Å². The highest BCUT2D eigenvalue weighted by molar-refractivity contribution is 6.99. The molecule has 1 aliphatic heterocycles. The van der Waals surface area contributed by atoms with Gasteiger partial charge in [-0.25, -0.2) is 4.79 Å². The molecule has 3 aromatic carbocycles. The Labute approximate surface area is 228 Å². The minimum absolute atomic E-state index is 0.130. The van der Waals surface area contributed by atoms with Gasteiger partial charge < -0.3 is 9.33 Å². The number of hydrogen-bond acceptors (Lipinski definition) is 3. The number of benzene rings is 3. The van der Waals surface area contributed by atoms with Gasteiger partial charge in [0.15, 0.2) is 0 Å². The van der Waals surface area contributed by atoms with Crippen LogP contribution in [0.4, 0.5) is 4.79 Å². The largest absolute Gasteiger partial charge is 0.407 e. The van der Waals surface area contributed by atoms with E-state index in [9.17, 15) is 9.59 Å². The zero-order valence-corrected chi connectivity index (χ0v) is 24.3. The van der Waals surface area contributed by atoms with Crippen molar-refractivity contribution in [2.45, 2.75) is 65.1 Å². The van der Waals surface area contributed by atoms with Gasteiger partial charge in [0.25, 0.3) is 14.2 Å². The molecule has 6 heteroatoms. The molecule has 0 aromatic heterocycles. The number of carbonyl (C=O) groups is 2. The number of rotatable bonds is 10. The van der Waals surface area contributed by atoms with Crippen LogP contribution >= 0.6 is 0 Å². The molecule has 200 valence electrons. The summed E-state index contributed by atoms with van der Waals surface area (Å²) in [5.41, 5.74) is 2.11. The Balaban J connectivity index is 1.60. The molecule has 3 amide bonds. The first-order valence-corrected chi connectivity index (χ1v) is 15.5. The molecule has 3 aromatic rings. The molecule has 0 saturated carbocycles. The highest BCUT2D eigenvalue weighted by Crippen LogP contribution is 2.37. The van der Waals surface area contributed by atoms with Gasteiger partial charge in [0.1, 0.15) is 6.04 Å². The van der Waals surface area contributed by atoms with Gasteiger partial charge in [0.2, 0.25) is 0 Å². The second-order valence-corrected chi connectivity index (χ2v) is 15.5. The first-order chi connectivity index (χ1) is 18.2. The average molecular weight is 529 g/mol. The highest BCUT2D eigenvalue weighted by atomic mass is 28.4. The van der Waals surface area contributed by atoms with E-state index in [2.05, 4.69) is 69.3 Å². The monoisotopic (exact) mass is 528 g/mol. The predicted octanol–water partition coefficient (Wildman–Crippen LogP) is 5.50. The zero-order valence-electron chi connectivity index (χ0n) is 23.3. The Morgan fingerprint density at radius 3 is 1.89 bits per heavy atom. The normalized spacial score (nSPS) is 16.4. The van der Waals surface area contributed by atoms with Crippen molar-refractivity contribution in [3.8, 4) is 0 Å². The second kappa shape index (κ2) is 11.7. The number of nitrogens with zero attached hydrogens (tertiary/aromatic N) is 2. The van der Waals surface area contributed by atoms with Crippen LogP contribution in [0.3, 0.4) is 0 Å². The maximum atomic E-state index is 13.6. The van der Waals surface area contributed by atoms with Crippen molar-refractivity contribution in [3.05, 3.63) is 96.1 Å². The molecule has 1 atom stereocenters. The van der Waals surface area contributed by atoms with Crippen LogP contribution in [0.15, 0.2) is 84.9 Å². The van der Waals surface area contributed by atoms with Crippen LogP contribution in [0.5, 0.6) is 0 Å². The predicted molar refractivity (Wildman–Crippen MR) is 156 cm³/mol. The zero-order chi connectivity index (χ0) is 27.3. The summed E-state index contributed by atoms with van der Waals surface area (Å²) in [7, 11) is -2.71. The number of imide groups is 1. The standard InChI is InChI=1S/C32H40N2O3Si/c1-6-22-33-29(30(35)34(31(33)36)24-26-19-17-25(2)18-20-26)21-23-37-38(32(3,4)5,27-13-9-7-10-14-27)28-15-11-8-12-16-28/h7-20,29H,6,21-24H2,1-5H3. The lowest BCUT2D eigenvalue weighted by Gasteiger charge is -2.43. The fourth-order valence-corrected chi connectivity index (χ4v) is 10.2. The Morgan fingerprint density at radius 1 is 0.842 bits per heavy atom. The SMILES string of the molecule is CCCN1C(=O)N(Cc2ccc(C)cc2)C(=O)C1CCO[Si](c1ccccc1)(c1ccccc1)C(C)(C)C. The van der Waals surface area contributed by atoms with Crippen molar-refractivity contribution in [2.75, 3.05) is 13.2 Å². The highest BCUT2D eigenvalue weighted by Gasteiger charge is 2.51. The third kappa shape index (κ3) is 5.47. The van der Waals surface area contributed by atoms with Crippen molar-refractivity contribution in [2.24, 2.45) is 0 Å². The van der Waals surface area contributed by atoms with Crippen LogP contribution in [-0.4, -0.2) is 49.2 Å². The van der Waals surface area contributed by atoms with Crippen molar-refractivity contribution >= 4 is 30.6 Å². The molecule has 38 heavy (non-hydrogen) atoms. The fourth-order valence-electron chi connectivity index (χ4n) is 5.57. The van der Waals surface area contributed by atoms with E-state index in [4.69, 9.17) is 4.43 Å². The molecule has 1 aliphatic rings. The van der Waals surface area contributed by atoms with Crippen molar-refractivity contribution < 1.29 is 14.0 Å². The van der Waals surface area contributed by atoms with Crippen LogP contribution in [0.25, 0.3) is 0 Å². The van der Waals surface area contributed by atoms with E-state index in [0.717, 1.165) is 17.5 Å². The summed E-state index contributed by atoms with van der Waals surface area (Å²) < 4.78 is 7.04. The molecular weight excluding hydrogens is 488 g/mol. The van der Waals surface area contributed by atoms with E-state index < -0.39 is 14.4 Å². The summed E-state index contributed by atoms with van der Waals surface area (Å²) in [6, 6.07) is 28.3. The molecule has 0 spiro atoms. The lowest BCUT2D eigenvalue weighted by molar-refractivity contribution is -0.129. The minimum atomic E-state index is -2.71. The van der Waals surface area contributed by atoms with Crippen LogP contribution in [0, 0.1) is 6.92 Å². The molecule has 1 heterocycles. The molecular formula is C32H40N2O3Si. The van der Waals surface area contributed by atoms with Gasteiger partial charge in [-0.2, -0.15) is 0 Å². The second-order valence-electron chi connectivity index (χ2n) is 11.2. The Bertz CT molecular complexity index is 1180. The first kappa shape index (κ1) is 27.8. The van der Waals surface area contributed by atoms with E-state index in [1.807, 2.05) is 50.2 Å². The number of hydrogen-bond donors (Lipinski definition) is 0. The van der Waals surface area contributed by atoms with Crippen LogP contribution in [0.1, 0.15) is 51.7 Å². The van der Waals surface area contributed by atoms with Gasteiger partial charge in [0, 0.05) is 13.2 Å². The van der Waals surface area contributed by atoms with Crippen LogP contribution < -0.4 is 10.4 Å². The topological polar surface area (TPSA) is 49.9 Å². The van der Waals surface area contributed by atoms with Crippen molar-refractivity contribution in [1.82, 2.24) is 9.80 Å². The molecule has 5 nitrogen and oxygen atoms in total. The lowest BCUT2D eigenvalue weighted by Crippen LogP contribution is -2.66. The summed E-state index contributed by atoms with van der Waals surface area (Å²) in [6.07, 6.45) is 1.27. The van der Waals surface area contributed by atoms with Gasteiger partial charge in [-0.1, -0.05) is 118 Å². The summed E-state index contributed by atoms with van der Waals surface area (Å²) >= 11 is 0. The minimum Gasteiger partial charge on any atom is -0.407 e. The summed E-state index contributed by atoms with van der Waals surface area (Å²) in [5.74, 6) is -0.130. The molecule has 0 N–H and O–H groups in total. The quantitative estimate of drug-likeness (QED) is 0.258. The van der Waals surface area contributed by atoms with Crippen molar-refractivity contribution in [3.63, 3.8) is 0 Å².